The molecule has 6 heteroatoms. The maximum absolute atomic E-state index is 12.4. The largest absolute Gasteiger partial charge is 0.484 e. The predicted octanol–water partition coefficient (Wildman–Crippen LogP) is 3.25. The maximum atomic E-state index is 12.4. The summed E-state index contributed by atoms with van der Waals surface area (Å²) in [4.78, 5) is 27.8. The van der Waals surface area contributed by atoms with Crippen molar-refractivity contribution in [3.8, 4) is 5.75 Å². The Kier molecular flexibility index (Phi) is 8.02. The number of anilines is 1. The molecule has 6 nitrogen and oxygen atoms in total. The summed E-state index contributed by atoms with van der Waals surface area (Å²) in [5, 5.41) is 2.87. The van der Waals surface area contributed by atoms with Gasteiger partial charge in [0.2, 0.25) is 0 Å². The van der Waals surface area contributed by atoms with Crippen molar-refractivity contribution in [2.24, 2.45) is 0 Å². The average molecular weight is 383 g/mol. The SMILES string of the molecule is CCN(CC)Cc1ccc(C(=O)Nc2ccc(OCC(=O)N(C)C)cc2)cc1. The minimum Gasteiger partial charge on any atom is -0.484 e. The topological polar surface area (TPSA) is 61.9 Å². The van der Waals surface area contributed by atoms with Gasteiger partial charge in [-0.3, -0.25) is 14.5 Å². The van der Waals surface area contributed by atoms with Crippen LogP contribution in [0.2, 0.25) is 0 Å². The highest BCUT2D eigenvalue weighted by atomic mass is 16.5. The van der Waals surface area contributed by atoms with Crippen molar-refractivity contribution in [3.63, 3.8) is 0 Å². The Hall–Kier alpha value is -2.86. The molecule has 0 heterocycles. The lowest BCUT2D eigenvalue weighted by atomic mass is 10.1. The van der Waals surface area contributed by atoms with Crippen LogP contribution in [0.3, 0.4) is 0 Å². The fourth-order valence-corrected chi connectivity index (χ4v) is 2.58. The molecule has 0 bridgehead atoms. The van der Waals surface area contributed by atoms with E-state index < -0.39 is 0 Å². The normalized spacial score (nSPS) is 10.6. The third kappa shape index (κ3) is 6.39. The van der Waals surface area contributed by atoms with Gasteiger partial charge in [0.05, 0.1) is 0 Å². The second-order valence-corrected chi connectivity index (χ2v) is 6.71. The second kappa shape index (κ2) is 10.5. The summed E-state index contributed by atoms with van der Waals surface area (Å²) in [6.45, 7) is 7.15. The van der Waals surface area contributed by atoms with Crippen molar-refractivity contribution in [2.45, 2.75) is 20.4 Å². The van der Waals surface area contributed by atoms with Crippen molar-refractivity contribution in [3.05, 3.63) is 59.7 Å². The molecular weight excluding hydrogens is 354 g/mol. The number of nitrogens with zero attached hydrogens (tertiary/aromatic N) is 2. The first-order valence-electron chi connectivity index (χ1n) is 9.48. The van der Waals surface area contributed by atoms with Gasteiger partial charge in [0.15, 0.2) is 6.61 Å². The Bertz CT molecular complexity index is 767. The molecular formula is C22H29N3O3. The Balaban J connectivity index is 1.91. The number of amides is 2. The number of nitrogens with one attached hydrogen (secondary N) is 1. The standard InChI is InChI=1S/C22H29N3O3/c1-5-25(6-2)15-17-7-9-18(10-8-17)22(27)23-19-11-13-20(14-12-19)28-16-21(26)24(3)4/h7-14H,5-6,15-16H2,1-4H3,(H,23,27). The van der Waals surface area contributed by atoms with Gasteiger partial charge in [0, 0.05) is 31.9 Å². The van der Waals surface area contributed by atoms with Gasteiger partial charge >= 0.3 is 0 Å². The number of rotatable bonds is 9. The van der Waals surface area contributed by atoms with E-state index in [1.165, 1.54) is 10.5 Å². The molecule has 0 saturated heterocycles. The minimum absolute atomic E-state index is 0.0153. The van der Waals surface area contributed by atoms with Gasteiger partial charge < -0.3 is 15.0 Å². The van der Waals surface area contributed by atoms with E-state index in [0.29, 0.717) is 17.0 Å². The van der Waals surface area contributed by atoms with E-state index in [0.717, 1.165) is 19.6 Å². The molecule has 150 valence electrons. The van der Waals surface area contributed by atoms with Crippen molar-refractivity contribution in [1.82, 2.24) is 9.80 Å². The Morgan fingerprint density at radius 2 is 1.54 bits per heavy atom. The van der Waals surface area contributed by atoms with Crippen LogP contribution >= 0.6 is 0 Å². The second-order valence-electron chi connectivity index (χ2n) is 6.71. The maximum Gasteiger partial charge on any atom is 0.259 e. The fraction of sp³-hybridized carbons (Fsp3) is 0.364. The zero-order chi connectivity index (χ0) is 20.5. The van der Waals surface area contributed by atoms with Crippen LogP contribution in [0.4, 0.5) is 5.69 Å². The van der Waals surface area contributed by atoms with Crippen molar-refractivity contribution < 1.29 is 14.3 Å². The van der Waals surface area contributed by atoms with Crippen LogP contribution in [-0.4, -0.2) is 55.4 Å². The summed E-state index contributed by atoms with van der Waals surface area (Å²) in [5.41, 5.74) is 2.47. The quantitative estimate of drug-likeness (QED) is 0.722. The van der Waals surface area contributed by atoms with Crippen LogP contribution < -0.4 is 10.1 Å². The van der Waals surface area contributed by atoms with E-state index in [4.69, 9.17) is 4.74 Å². The molecule has 0 saturated carbocycles. The van der Waals surface area contributed by atoms with Crippen LogP contribution in [0.15, 0.2) is 48.5 Å². The summed E-state index contributed by atoms with van der Waals surface area (Å²) in [5.74, 6) is 0.307. The third-order valence-corrected chi connectivity index (χ3v) is 4.49. The zero-order valence-electron chi connectivity index (χ0n) is 17.1. The van der Waals surface area contributed by atoms with E-state index in [1.807, 2.05) is 24.3 Å². The number of likely N-dealkylation sites (N-methyl/N-ethyl adjacent to an activating group) is 1. The molecule has 0 unspecified atom stereocenters. The number of carbonyl (C=O) groups is 2. The number of hydrogen-bond donors (Lipinski definition) is 1. The fourth-order valence-electron chi connectivity index (χ4n) is 2.58. The molecule has 28 heavy (non-hydrogen) atoms. The predicted molar refractivity (Wildman–Crippen MR) is 112 cm³/mol. The molecule has 0 atom stereocenters. The van der Waals surface area contributed by atoms with Crippen LogP contribution in [0.25, 0.3) is 0 Å². The highest BCUT2D eigenvalue weighted by Crippen LogP contribution is 2.17. The van der Waals surface area contributed by atoms with Crippen LogP contribution in [0, 0.1) is 0 Å². The molecule has 0 fully saturated rings. The number of ether oxygens (including phenoxy) is 1. The first-order valence-corrected chi connectivity index (χ1v) is 9.48. The molecule has 0 spiro atoms. The lowest BCUT2D eigenvalue weighted by Gasteiger charge is -2.18. The number of carbonyl (C=O) groups excluding carboxylic acids is 2. The molecule has 2 amide bonds. The Morgan fingerprint density at radius 1 is 0.929 bits per heavy atom. The lowest BCUT2D eigenvalue weighted by molar-refractivity contribution is -0.130. The summed E-state index contributed by atoms with van der Waals surface area (Å²) in [6.07, 6.45) is 0. The van der Waals surface area contributed by atoms with E-state index in [1.54, 1.807) is 38.4 Å². The smallest absolute Gasteiger partial charge is 0.259 e. The Morgan fingerprint density at radius 3 is 2.07 bits per heavy atom. The molecule has 2 aromatic rings. The van der Waals surface area contributed by atoms with Gasteiger partial charge in [-0.1, -0.05) is 26.0 Å². The van der Waals surface area contributed by atoms with Crippen LogP contribution in [0.1, 0.15) is 29.8 Å². The highest BCUT2D eigenvalue weighted by molar-refractivity contribution is 6.04. The van der Waals surface area contributed by atoms with Gasteiger partial charge in [-0.25, -0.2) is 0 Å². The van der Waals surface area contributed by atoms with Crippen molar-refractivity contribution in [2.75, 3.05) is 39.1 Å². The van der Waals surface area contributed by atoms with Crippen LogP contribution in [0.5, 0.6) is 5.75 Å². The molecule has 2 rings (SSSR count). The first kappa shape index (κ1) is 21.4. The van der Waals surface area contributed by atoms with E-state index in [2.05, 4.69) is 24.1 Å². The number of benzene rings is 2. The summed E-state index contributed by atoms with van der Waals surface area (Å²) >= 11 is 0. The van der Waals surface area contributed by atoms with E-state index in [-0.39, 0.29) is 18.4 Å². The van der Waals surface area contributed by atoms with Gasteiger partial charge in [0.25, 0.3) is 11.8 Å². The summed E-state index contributed by atoms with van der Waals surface area (Å²) < 4.78 is 5.43. The van der Waals surface area contributed by atoms with E-state index in [9.17, 15) is 9.59 Å². The number of hydrogen-bond acceptors (Lipinski definition) is 4. The minimum atomic E-state index is -0.161. The molecule has 2 aromatic carbocycles. The molecule has 1 N–H and O–H groups in total. The monoisotopic (exact) mass is 383 g/mol. The summed E-state index contributed by atoms with van der Waals surface area (Å²) in [6, 6.07) is 14.6. The molecule has 0 aromatic heterocycles. The van der Waals surface area contributed by atoms with Crippen molar-refractivity contribution in [1.29, 1.82) is 0 Å². The highest BCUT2D eigenvalue weighted by Gasteiger charge is 2.08. The van der Waals surface area contributed by atoms with Gasteiger partial charge in [-0.05, 0) is 55.1 Å². The van der Waals surface area contributed by atoms with Gasteiger partial charge in [-0.2, -0.15) is 0 Å². The molecule has 0 radical (unpaired) electrons. The Labute approximate surface area is 167 Å². The van der Waals surface area contributed by atoms with Gasteiger partial charge in [0.1, 0.15) is 5.75 Å². The zero-order valence-corrected chi connectivity index (χ0v) is 17.1. The average Bonchev–Trinajstić information content (AvgIpc) is 2.71. The van der Waals surface area contributed by atoms with Gasteiger partial charge in [-0.15, -0.1) is 0 Å². The van der Waals surface area contributed by atoms with Crippen LogP contribution in [-0.2, 0) is 11.3 Å². The van der Waals surface area contributed by atoms with E-state index >= 15 is 0 Å². The molecule has 0 aliphatic carbocycles. The molecule has 0 aliphatic rings. The van der Waals surface area contributed by atoms with Crippen molar-refractivity contribution >= 4 is 17.5 Å². The first-order chi connectivity index (χ1) is 13.4. The summed E-state index contributed by atoms with van der Waals surface area (Å²) in [7, 11) is 3.36. The third-order valence-electron chi connectivity index (χ3n) is 4.49. The molecule has 0 aliphatic heterocycles. The lowest BCUT2D eigenvalue weighted by Crippen LogP contribution is -2.27.